The average Bonchev–Trinajstić information content (AvgIpc) is 2.89. The number of benzene rings is 3. The molecule has 0 spiro atoms. The lowest BCUT2D eigenvalue weighted by molar-refractivity contribution is -0.139. The van der Waals surface area contributed by atoms with Gasteiger partial charge in [-0.3, -0.25) is 13.9 Å². The van der Waals surface area contributed by atoms with Gasteiger partial charge >= 0.3 is 0 Å². The van der Waals surface area contributed by atoms with E-state index < -0.39 is 28.5 Å². The summed E-state index contributed by atoms with van der Waals surface area (Å²) in [7, 11) is -4.17. The minimum Gasteiger partial charge on any atom is -0.354 e. The molecule has 11 heteroatoms. The summed E-state index contributed by atoms with van der Waals surface area (Å²) in [6.45, 7) is 5.30. The van der Waals surface area contributed by atoms with Crippen LogP contribution in [-0.4, -0.2) is 44.3 Å². The summed E-state index contributed by atoms with van der Waals surface area (Å²) in [4.78, 5) is 28.2. The van der Waals surface area contributed by atoms with Gasteiger partial charge in [-0.05, 0) is 60.9 Å². The van der Waals surface area contributed by atoms with Crippen LogP contribution in [0.3, 0.4) is 0 Å². The molecule has 0 aliphatic rings. The monoisotopic (exact) mass is 609 g/mol. The van der Waals surface area contributed by atoms with Gasteiger partial charge in [-0.1, -0.05) is 79.0 Å². The van der Waals surface area contributed by atoms with Crippen molar-refractivity contribution in [2.45, 2.75) is 38.3 Å². The standard InChI is InChI=1S/C28H30Cl3N3O4S/c1-19(2)16-32-28(36)20(3)33(17-21-12-13-23(30)15-26(21)31)27(35)18-34(24-9-7-8-22(29)14-24)39(37,38)25-10-5-4-6-11-25/h4-15,19-20H,16-18H2,1-3H3,(H,32,36)/t20-/m0/s1. The summed E-state index contributed by atoms with van der Waals surface area (Å²) in [5.41, 5.74) is 0.763. The molecular formula is C28H30Cl3N3O4S. The van der Waals surface area contributed by atoms with E-state index >= 15 is 0 Å². The molecule has 3 rings (SSSR count). The van der Waals surface area contributed by atoms with E-state index in [4.69, 9.17) is 34.8 Å². The molecule has 0 saturated heterocycles. The van der Waals surface area contributed by atoms with Gasteiger partial charge in [-0.2, -0.15) is 0 Å². The van der Waals surface area contributed by atoms with E-state index in [9.17, 15) is 18.0 Å². The van der Waals surface area contributed by atoms with E-state index in [1.165, 1.54) is 23.1 Å². The Morgan fingerprint density at radius 2 is 1.54 bits per heavy atom. The summed E-state index contributed by atoms with van der Waals surface area (Å²) in [5, 5.41) is 3.88. The number of anilines is 1. The molecule has 208 valence electrons. The number of sulfonamides is 1. The van der Waals surface area contributed by atoms with Gasteiger partial charge in [0.2, 0.25) is 11.8 Å². The molecule has 0 aromatic heterocycles. The zero-order valence-corrected chi connectivity index (χ0v) is 24.9. The Kier molecular flexibility index (Phi) is 10.7. The number of carbonyl (C=O) groups excluding carboxylic acids is 2. The summed E-state index contributed by atoms with van der Waals surface area (Å²) < 4.78 is 28.5. The third-order valence-corrected chi connectivity index (χ3v) is 8.52. The van der Waals surface area contributed by atoms with E-state index in [2.05, 4.69) is 5.32 Å². The molecule has 7 nitrogen and oxygen atoms in total. The number of rotatable bonds is 11. The summed E-state index contributed by atoms with van der Waals surface area (Å²) in [5.74, 6) is -0.777. The number of hydrogen-bond donors (Lipinski definition) is 1. The number of carbonyl (C=O) groups is 2. The number of nitrogens with one attached hydrogen (secondary N) is 1. The van der Waals surface area contributed by atoms with Crippen molar-refractivity contribution in [2.75, 3.05) is 17.4 Å². The Bertz CT molecular complexity index is 1420. The van der Waals surface area contributed by atoms with Crippen LogP contribution >= 0.6 is 34.8 Å². The fourth-order valence-electron chi connectivity index (χ4n) is 3.75. The third-order valence-electron chi connectivity index (χ3n) is 5.91. The topological polar surface area (TPSA) is 86.8 Å². The Morgan fingerprint density at radius 3 is 2.15 bits per heavy atom. The van der Waals surface area contributed by atoms with Crippen molar-refractivity contribution in [1.82, 2.24) is 10.2 Å². The minimum atomic E-state index is -4.17. The van der Waals surface area contributed by atoms with E-state index in [1.54, 1.807) is 61.5 Å². The molecular weight excluding hydrogens is 581 g/mol. The van der Waals surface area contributed by atoms with Crippen LogP contribution in [0.25, 0.3) is 0 Å². The number of halogens is 3. The van der Waals surface area contributed by atoms with E-state index in [0.717, 1.165) is 4.31 Å². The van der Waals surface area contributed by atoms with Crippen LogP contribution in [-0.2, 0) is 26.2 Å². The number of amides is 2. The van der Waals surface area contributed by atoms with Crippen molar-refractivity contribution < 1.29 is 18.0 Å². The fourth-order valence-corrected chi connectivity index (χ4v) is 5.83. The van der Waals surface area contributed by atoms with Gasteiger partial charge < -0.3 is 10.2 Å². The first-order valence-corrected chi connectivity index (χ1v) is 14.8. The lowest BCUT2D eigenvalue weighted by Gasteiger charge is -2.32. The maximum atomic E-state index is 13.9. The predicted molar refractivity (Wildman–Crippen MR) is 157 cm³/mol. The summed E-state index contributed by atoms with van der Waals surface area (Å²) in [6, 6.07) is 17.9. The van der Waals surface area contributed by atoms with Gasteiger partial charge in [0.1, 0.15) is 12.6 Å². The maximum Gasteiger partial charge on any atom is 0.264 e. The molecule has 0 aliphatic carbocycles. The molecule has 0 aliphatic heterocycles. The second kappa shape index (κ2) is 13.5. The first-order valence-electron chi connectivity index (χ1n) is 12.2. The second-order valence-electron chi connectivity index (χ2n) is 9.38. The lowest BCUT2D eigenvalue weighted by atomic mass is 10.1. The van der Waals surface area contributed by atoms with Gasteiger partial charge in [0, 0.05) is 28.2 Å². The van der Waals surface area contributed by atoms with Crippen LogP contribution in [0.1, 0.15) is 26.3 Å². The van der Waals surface area contributed by atoms with Gasteiger partial charge in [-0.25, -0.2) is 8.42 Å². The van der Waals surface area contributed by atoms with Gasteiger partial charge in [-0.15, -0.1) is 0 Å². The largest absolute Gasteiger partial charge is 0.354 e. The molecule has 0 heterocycles. The average molecular weight is 611 g/mol. The maximum absolute atomic E-state index is 13.9. The van der Waals surface area contributed by atoms with Crippen LogP contribution in [0, 0.1) is 5.92 Å². The molecule has 3 aromatic rings. The van der Waals surface area contributed by atoms with E-state index in [1.807, 2.05) is 13.8 Å². The highest BCUT2D eigenvalue weighted by molar-refractivity contribution is 7.92. The van der Waals surface area contributed by atoms with Crippen molar-refractivity contribution in [3.63, 3.8) is 0 Å². The van der Waals surface area contributed by atoms with Crippen LogP contribution in [0.2, 0.25) is 15.1 Å². The SMILES string of the molecule is CC(C)CNC(=O)[C@H](C)N(Cc1ccc(Cl)cc1Cl)C(=O)CN(c1cccc(Cl)c1)S(=O)(=O)c1ccccc1. The molecule has 0 bridgehead atoms. The smallest absolute Gasteiger partial charge is 0.264 e. The Labute approximate surface area is 244 Å². The molecule has 1 atom stereocenters. The van der Waals surface area contributed by atoms with Crippen LogP contribution in [0.4, 0.5) is 5.69 Å². The van der Waals surface area contributed by atoms with Crippen molar-refractivity contribution in [1.29, 1.82) is 0 Å². The summed E-state index contributed by atoms with van der Waals surface area (Å²) >= 11 is 18.6. The van der Waals surface area contributed by atoms with Crippen LogP contribution in [0.5, 0.6) is 0 Å². The third kappa shape index (κ3) is 8.11. The molecule has 2 amide bonds. The predicted octanol–water partition coefficient (Wildman–Crippen LogP) is 6.03. The zero-order valence-electron chi connectivity index (χ0n) is 21.8. The number of nitrogens with zero attached hydrogens (tertiary/aromatic N) is 2. The molecule has 0 fully saturated rings. The Morgan fingerprint density at radius 1 is 0.872 bits per heavy atom. The van der Waals surface area contributed by atoms with Gasteiger partial charge in [0.05, 0.1) is 10.6 Å². The van der Waals surface area contributed by atoms with Crippen molar-refractivity contribution >= 4 is 62.3 Å². The summed E-state index contributed by atoms with van der Waals surface area (Å²) in [6.07, 6.45) is 0. The normalized spacial score (nSPS) is 12.2. The van der Waals surface area contributed by atoms with E-state index in [0.29, 0.717) is 27.2 Å². The fraction of sp³-hybridized carbons (Fsp3) is 0.286. The molecule has 0 saturated carbocycles. The Hall–Kier alpha value is -2.78. The van der Waals surface area contributed by atoms with E-state index in [-0.39, 0.29) is 29.0 Å². The minimum absolute atomic E-state index is 0.00722. The molecule has 0 radical (unpaired) electrons. The second-order valence-corrected chi connectivity index (χ2v) is 12.5. The molecule has 1 N–H and O–H groups in total. The number of hydrogen-bond acceptors (Lipinski definition) is 4. The first-order chi connectivity index (χ1) is 18.4. The van der Waals surface area contributed by atoms with Crippen LogP contribution in [0.15, 0.2) is 77.7 Å². The molecule has 3 aromatic carbocycles. The van der Waals surface area contributed by atoms with Crippen LogP contribution < -0.4 is 9.62 Å². The lowest BCUT2D eigenvalue weighted by Crippen LogP contribution is -2.51. The van der Waals surface area contributed by atoms with Crippen molar-refractivity contribution in [2.24, 2.45) is 5.92 Å². The molecule has 39 heavy (non-hydrogen) atoms. The van der Waals surface area contributed by atoms with Gasteiger partial charge in [0.25, 0.3) is 10.0 Å². The Balaban J connectivity index is 2.02. The van der Waals surface area contributed by atoms with Crippen molar-refractivity contribution in [3.8, 4) is 0 Å². The highest BCUT2D eigenvalue weighted by Gasteiger charge is 2.32. The highest BCUT2D eigenvalue weighted by Crippen LogP contribution is 2.28. The quantitative estimate of drug-likeness (QED) is 0.287. The highest BCUT2D eigenvalue weighted by atomic mass is 35.5. The molecule has 0 unspecified atom stereocenters. The zero-order chi connectivity index (χ0) is 28.7. The van der Waals surface area contributed by atoms with Crippen molar-refractivity contribution in [3.05, 3.63) is 93.4 Å². The van der Waals surface area contributed by atoms with Gasteiger partial charge in [0.15, 0.2) is 0 Å². The first kappa shape index (κ1) is 30.8.